The maximum absolute atomic E-state index is 12.6. The molecule has 0 saturated carbocycles. The Hall–Kier alpha value is -3.78. The molecule has 0 radical (unpaired) electrons. The largest absolute Gasteiger partial charge is 0.391 e. The Morgan fingerprint density at radius 3 is 2.34 bits per heavy atom. The Bertz CT molecular complexity index is 838. The zero-order valence-electron chi connectivity index (χ0n) is 17.5. The molecule has 0 aromatic heterocycles. The van der Waals surface area contributed by atoms with Crippen molar-refractivity contribution in [3.8, 4) is 0 Å². The SMILES string of the molecule is C[C@@H](O)[C@H](N)C(=O)NCC(=O)N[C@@H](CCCN=C(N)N)C(=O)Nc1ccc([N+](=O)[O-])cc1. The van der Waals surface area contributed by atoms with Gasteiger partial charge in [0.05, 0.1) is 17.6 Å². The number of nitrogens with two attached hydrogens (primary N) is 3. The first kappa shape index (κ1) is 26.3. The van der Waals surface area contributed by atoms with Crippen molar-refractivity contribution in [2.45, 2.75) is 38.0 Å². The summed E-state index contributed by atoms with van der Waals surface area (Å²) in [5.74, 6) is -2.08. The lowest BCUT2D eigenvalue weighted by Gasteiger charge is -2.19. The highest BCUT2D eigenvalue weighted by molar-refractivity contribution is 5.98. The van der Waals surface area contributed by atoms with Crippen LogP contribution in [0.1, 0.15) is 19.8 Å². The summed E-state index contributed by atoms with van der Waals surface area (Å²) in [7, 11) is 0. The fraction of sp³-hybridized carbons (Fsp3) is 0.444. The molecule has 0 aliphatic heterocycles. The van der Waals surface area contributed by atoms with E-state index >= 15 is 0 Å². The number of hydrogen-bond donors (Lipinski definition) is 7. The van der Waals surface area contributed by atoms with Gasteiger partial charge in [-0.15, -0.1) is 0 Å². The van der Waals surface area contributed by atoms with Crippen LogP contribution >= 0.6 is 0 Å². The normalized spacial score (nSPS) is 13.2. The standard InChI is InChI=1S/C18H28N8O6/c1-10(27)15(19)17(30)23-9-14(28)25-13(3-2-8-22-18(20)21)16(29)24-11-4-6-12(7-5-11)26(31)32/h4-7,10,13,15,27H,2-3,8-9,19H2,1H3,(H,23,30)(H,24,29)(H,25,28)(H4,20,21,22)/t10-,13+,15+/m1/s1. The summed E-state index contributed by atoms with van der Waals surface area (Å²) >= 11 is 0. The number of guanidine groups is 1. The lowest BCUT2D eigenvalue weighted by molar-refractivity contribution is -0.384. The molecule has 0 unspecified atom stereocenters. The third-order valence-corrected chi connectivity index (χ3v) is 4.19. The maximum atomic E-state index is 12.6. The molecular formula is C18H28N8O6. The summed E-state index contributed by atoms with van der Waals surface area (Å²) in [6.07, 6.45) is -0.577. The number of amides is 3. The van der Waals surface area contributed by atoms with Crippen LogP contribution in [0.4, 0.5) is 11.4 Å². The second kappa shape index (κ2) is 12.8. The third-order valence-electron chi connectivity index (χ3n) is 4.19. The number of aliphatic hydroxyl groups is 1. The van der Waals surface area contributed by atoms with Crippen LogP contribution in [0.15, 0.2) is 29.3 Å². The van der Waals surface area contributed by atoms with Gasteiger partial charge in [-0.1, -0.05) is 0 Å². The van der Waals surface area contributed by atoms with E-state index in [0.29, 0.717) is 12.1 Å². The molecule has 0 aliphatic rings. The van der Waals surface area contributed by atoms with E-state index in [1.807, 2.05) is 0 Å². The molecule has 1 aromatic rings. The maximum Gasteiger partial charge on any atom is 0.269 e. The number of nitrogens with zero attached hydrogens (tertiary/aromatic N) is 2. The van der Waals surface area contributed by atoms with Gasteiger partial charge >= 0.3 is 0 Å². The topological polar surface area (TPSA) is 241 Å². The van der Waals surface area contributed by atoms with Gasteiger partial charge in [0.1, 0.15) is 12.1 Å². The number of aliphatic hydroxyl groups excluding tert-OH is 1. The number of carbonyl (C=O) groups is 3. The molecule has 1 aromatic carbocycles. The number of aliphatic imine (C=N–C) groups is 1. The first-order valence-electron chi connectivity index (χ1n) is 9.62. The van der Waals surface area contributed by atoms with E-state index in [4.69, 9.17) is 17.2 Å². The van der Waals surface area contributed by atoms with Crippen LogP contribution in [0.2, 0.25) is 0 Å². The van der Waals surface area contributed by atoms with E-state index in [0.717, 1.165) is 0 Å². The summed E-state index contributed by atoms with van der Waals surface area (Å²) in [5.41, 5.74) is 16.2. The van der Waals surface area contributed by atoms with Crippen molar-refractivity contribution in [1.29, 1.82) is 0 Å². The highest BCUT2D eigenvalue weighted by atomic mass is 16.6. The van der Waals surface area contributed by atoms with Crippen LogP contribution in [0, 0.1) is 10.1 Å². The zero-order chi connectivity index (χ0) is 24.3. The molecule has 10 N–H and O–H groups in total. The molecule has 14 nitrogen and oxygen atoms in total. The number of rotatable bonds is 12. The highest BCUT2D eigenvalue weighted by Crippen LogP contribution is 2.16. The summed E-state index contributed by atoms with van der Waals surface area (Å²) < 4.78 is 0. The Balaban J connectivity index is 2.76. The lowest BCUT2D eigenvalue weighted by atomic mass is 10.1. The first-order chi connectivity index (χ1) is 15.0. The number of nitro benzene ring substituents is 1. The number of nitrogens with one attached hydrogen (secondary N) is 3. The van der Waals surface area contributed by atoms with Crippen LogP contribution in [0.5, 0.6) is 0 Å². The van der Waals surface area contributed by atoms with Gasteiger partial charge in [-0.3, -0.25) is 29.5 Å². The minimum atomic E-state index is -1.20. The number of anilines is 1. The number of nitro groups is 1. The number of carbonyl (C=O) groups excluding carboxylic acids is 3. The minimum absolute atomic E-state index is 0.113. The van der Waals surface area contributed by atoms with E-state index in [1.165, 1.54) is 31.2 Å². The van der Waals surface area contributed by atoms with Gasteiger partial charge in [-0.2, -0.15) is 0 Å². The van der Waals surface area contributed by atoms with Crippen molar-refractivity contribution in [3.63, 3.8) is 0 Å². The van der Waals surface area contributed by atoms with E-state index < -0.39 is 47.4 Å². The van der Waals surface area contributed by atoms with E-state index in [9.17, 15) is 29.6 Å². The molecular weight excluding hydrogens is 424 g/mol. The quantitative estimate of drug-likeness (QED) is 0.0602. The van der Waals surface area contributed by atoms with Crippen molar-refractivity contribution in [2.24, 2.45) is 22.2 Å². The van der Waals surface area contributed by atoms with Crippen molar-refractivity contribution in [2.75, 3.05) is 18.4 Å². The van der Waals surface area contributed by atoms with E-state index in [1.54, 1.807) is 0 Å². The zero-order valence-corrected chi connectivity index (χ0v) is 17.5. The Labute approximate surface area is 183 Å². The smallest absolute Gasteiger partial charge is 0.269 e. The monoisotopic (exact) mass is 452 g/mol. The molecule has 3 atom stereocenters. The molecule has 32 heavy (non-hydrogen) atoms. The number of non-ortho nitro benzene ring substituents is 1. The van der Waals surface area contributed by atoms with E-state index in [-0.39, 0.29) is 24.6 Å². The van der Waals surface area contributed by atoms with Crippen LogP contribution in [-0.4, -0.2) is 65.0 Å². The average Bonchev–Trinajstić information content (AvgIpc) is 2.73. The molecule has 176 valence electrons. The number of benzene rings is 1. The van der Waals surface area contributed by atoms with Crippen LogP contribution in [0.25, 0.3) is 0 Å². The number of hydrogen-bond acceptors (Lipinski definition) is 8. The van der Waals surface area contributed by atoms with Crippen molar-refractivity contribution in [1.82, 2.24) is 10.6 Å². The van der Waals surface area contributed by atoms with Gasteiger partial charge in [0.2, 0.25) is 17.7 Å². The van der Waals surface area contributed by atoms with Gasteiger partial charge in [-0.25, -0.2) is 0 Å². The molecule has 3 amide bonds. The van der Waals surface area contributed by atoms with Crippen LogP contribution in [0.3, 0.4) is 0 Å². The molecule has 0 bridgehead atoms. The molecule has 0 spiro atoms. The fourth-order valence-electron chi connectivity index (χ4n) is 2.42. The second-order valence-corrected chi connectivity index (χ2v) is 6.85. The van der Waals surface area contributed by atoms with Gasteiger partial charge < -0.3 is 38.3 Å². The van der Waals surface area contributed by atoms with Gasteiger partial charge in [0.15, 0.2) is 5.96 Å². The predicted molar refractivity (Wildman–Crippen MR) is 116 cm³/mol. The molecule has 1 rings (SSSR count). The summed E-state index contributed by atoms with van der Waals surface area (Å²) in [6.45, 7) is 1.09. The van der Waals surface area contributed by atoms with Crippen molar-refractivity contribution >= 4 is 35.1 Å². The lowest BCUT2D eigenvalue weighted by Crippen LogP contribution is -2.51. The predicted octanol–water partition coefficient (Wildman–Crippen LogP) is -2.10. The first-order valence-corrected chi connectivity index (χ1v) is 9.62. The summed E-state index contributed by atoms with van der Waals surface area (Å²) in [5, 5.41) is 27.4. The summed E-state index contributed by atoms with van der Waals surface area (Å²) in [6, 6.07) is 2.95. The minimum Gasteiger partial charge on any atom is -0.391 e. The Morgan fingerprint density at radius 2 is 1.81 bits per heavy atom. The van der Waals surface area contributed by atoms with Crippen LogP contribution < -0.4 is 33.2 Å². The van der Waals surface area contributed by atoms with Gasteiger partial charge in [-0.05, 0) is 31.9 Å². The van der Waals surface area contributed by atoms with Gasteiger partial charge in [0, 0.05) is 24.4 Å². The molecule has 0 aliphatic carbocycles. The van der Waals surface area contributed by atoms with Crippen LogP contribution in [-0.2, 0) is 14.4 Å². The van der Waals surface area contributed by atoms with E-state index in [2.05, 4.69) is 20.9 Å². The second-order valence-electron chi connectivity index (χ2n) is 6.85. The molecule has 0 fully saturated rings. The Morgan fingerprint density at radius 1 is 1.19 bits per heavy atom. The van der Waals surface area contributed by atoms with Crippen molar-refractivity contribution < 1.29 is 24.4 Å². The average molecular weight is 452 g/mol. The Kier molecular flexibility index (Phi) is 10.5. The fourth-order valence-corrected chi connectivity index (χ4v) is 2.42. The molecule has 14 heteroatoms. The molecule has 0 saturated heterocycles. The van der Waals surface area contributed by atoms with Crippen molar-refractivity contribution in [3.05, 3.63) is 34.4 Å². The molecule has 0 heterocycles. The third kappa shape index (κ3) is 9.36. The summed E-state index contributed by atoms with van der Waals surface area (Å²) in [4.78, 5) is 50.6. The highest BCUT2D eigenvalue weighted by Gasteiger charge is 2.23. The van der Waals surface area contributed by atoms with Gasteiger partial charge in [0.25, 0.3) is 5.69 Å².